The van der Waals surface area contributed by atoms with Crippen LogP contribution in [0.25, 0.3) is 11.0 Å². The highest BCUT2D eigenvalue weighted by atomic mass is 32.2. The summed E-state index contributed by atoms with van der Waals surface area (Å²) in [6.07, 6.45) is 3.65. The number of hydrogen-bond acceptors (Lipinski definition) is 5. The Morgan fingerprint density at radius 3 is 2.69 bits per heavy atom. The minimum atomic E-state index is -3.68. The van der Waals surface area contributed by atoms with Gasteiger partial charge in [-0.15, -0.1) is 0 Å². The SMILES string of the molecule is CCOc1cccc2cc(C(C)NC(=O)CS(=O)(=O)NC3CCC(C)CC3)oc12. The Balaban J connectivity index is 1.60. The van der Waals surface area contributed by atoms with Gasteiger partial charge >= 0.3 is 0 Å². The highest BCUT2D eigenvalue weighted by Gasteiger charge is 2.26. The first-order chi connectivity index (χ1) is 13.8. The fourth-order valence-corrected chi connectivity index (χ4v) is 4.99. The number of sulfonamides is 1. The molecule has 1 aromatic carbocycles. The van der Waals surface area contributed by atoms with Crippen molar-refractivity contribution < 1.29 is 22.4 Å². The van der Waals surface area contributed by atoms with Crippen LogP contribution in [0.4, 0.5) is 0 Å². The van der Waals surface area contributed by atoms with Crippen molar-refractivity contribution in [1.82, 2.24) is 10.0 Å². The van der Waals surface area contributed by atoms with Crippen molar-refractivity contribution in [3.05, 3.63) is 30.0 Å². The summed E-state index contributed by atoms with van der Waals surface area (Å²) in [6, 6.07) is 6.90. The molecular weight excluding hydrogens is 392 g/mol. The van der Waals surface area contributed by atoms with Crippen LogP contribution in [0.2, 0.25) is 0 Å². The van der Waals surface area contributed by atoms with Gasteiger partial charge in [0.25, 0.3) is 0 Å². The maximum Gasteiger partial charge on any atom is 0.237 e. The molecule has 0 saturated heterocycles. The molecule has 1 heterocycles. The number of furan rings is 1. The van der Waals surface area contributed by atoms with Gasteiger partial charge in [0.15, 0.2) is 11.3 Å². The lowest BCUT2D eigenvalue weighted by Gasteiger charge is -2.26. The fraction of sp³-hybridized carbons (Fsp3) is 0.571. The standard InChI is InChI=1S/C21H30N2O5S/c1-4-27-18-7-5-6-16-12-19(28-21(16)18)15(3)22-20(24)13-29(25,26)23-17-10-8-14(2)9-11-17/h5-7,12,14-15,17,23H,4,8-11,13H2,1-3H3,(H,22,24). The minimum Gasteiger partial charge on any atom is -0.490 e. The van der Waals surface area contributed by atoms with Crippen molar-refractivity contribution in [2.24, 2.45) is 5.92 Å². The van der Waals surface area contributed by atoms with E-state index >= 15 is 0 Å². The van der Waals surface area contributed by atoms with Crippen LogP contribution in [-0.4, -0.2) is 32.7 Å². The number of ether oxygens (including phenoxy) is 1. The largest absolute Gasteiger partial charge is 0.490 e. The van der Waals surface area contributed by atoms with E-state index in [4.69, 9.17) is 9.15 Å². The van der Waals surface area contributed by atoms with E-state index in [9.17, 15) is 13.2 Å². The van der Waals surface area contributed by atoms with Crippen molar-refractivity contribution in [2.45, 2.75) is 58.5 Å². The Kier molecular flexibility index (Phi) is 6.85. The Hall–Kier alpha value is -2.06. The second kappa shape index (κ2) is 9.17. The van der Waals surface area contributed by atoms with Gasteiger partial charge in [0.05, 0.1) is 12.6 Å². The summed E-state index contributed by atoms with van der Waals surface area (Å²) in [5, 5.41) is 3.58. The topological polar surface area (TPSA) is 97.6 Å². The molecule has 1 amide bonds. The number of hydrogen-bond donors (Lipinski definition) is 2. The number of para-hydroxylation sites is 1. The lowest BCUT2D eigenvalue weighted by atomic mass is 9.88. The zero-order valence-electron chi connectivity index (χ0n) is 17.2. The average molecular weight is 423 g/mol. The zero-order chi connectivity index (χ0) is 21.0. The number of amides is 1. The quantitative estimate of drug-likeness (QED) is 0.678. The van der Waals surface area contributed by atoms with E-state index in [2.05, 4.69) is 17.0 Å². The van der Waals surface area contributed by atoms with E-state index in [0.29, 0.717) is 29.6 Å². The predicted molar refractivity (Wildman–Crippen MR) is 112 cm³/mol. The normalized spacial score (nSPS) is 21.1. The van der Waals surface area contributed by atoms with Gasteiger partial charge in [0.2, 0.25) is 15.9 Å². The van der Waals surface area contributed by atoms with Crippen LogP contribution in [0.1, 0.15) is 58.3 Å². The van der Waals surface area contributed by atoms with E-state index < -0.39 is 27.7 Å². The van der Waals surface area contributed by atoms with Crippen LogP contribution < -0.4 is 14.8 Å². The molecule has 0 aliphatic heterocycles. The maximum absolute atomic E-state index is 12.4. The van der Waals surface area contributed by atoms with Gasteiger partial charge in [-0.2, -0.15) is 0 Å². The molecule has 1 atom stereocenters. The van der Waals surface area contributed by atoms with Gasteiger partial charge in [0.1, 0.15) is 11.5 Å². The summed E-state index contributed by atoms with van der Waals surface area (Å²) in [7, 11) is -3.68. The molecule has 3 rings (SSSR count). The number of carbonyl (C=O) groups is 1. The second-order valence-corrected chi connectivity index (χ2v) is 9.63. The average Bonchev–Trinajstić information content (AvgIpc) is 3.08. The summed E-state index contributed by atoms with van der Waals surface area (Å²) >= 11 is 0. The van der Waals surface area contributed by atoms with Crippen LogP contribution in [0.15, 0.2) is 28.7 Å². The van der Waals surface area contributed by atoms with E-state index in [1.165, 1.54) is 0 Å². The van der Waals surface area contributed by atoms with E-state index in [1.807, 2.05) is 31.2 Å². The molecule has 1 fully saturated rings. The molecule has 7 nitrogen and oxygen atoms in total. The number of fused-ring (bicyclic) bond motifs is 1. The Morgan fingerprint density at radius 2 is 2.00 bits per heavy atom. The second-order valence-electron chi connectivity index (χ2n) is 7.88. The molecule has 0 radical (unpaired) electrons. The van der Waals surface area contributed by atoms with Crippen LogP contribution in [0.3, 0.4) is 0 Å². The predicted octanol–water partition coefficient (Wildman–Crippen LogP) is 3.51. The van der Waals surface area contributed by atoms with Crippen LogP contribution in [-0.2, 0) is 14.8 Å². The molecule has 0 bridgehead atoms. The molecule has 2 aromatic rings. The van der Waals surface area contributed by atoms with Gasteiger partial charge in [-0.25, -0.2) is 13.1 Å². The van der Waals surface area contributed by atoms with Crippen LogP contribution >= 0.6 is 0 Å². The van der Waals surface area contributed by atoms with E-state index in [0.717, 1.165) is 31.1 Å². The first kappa shape index (κ1) is 21.6. The number of carbonyl (C=O) groups excluding carboxylic acids is 1. The van der Waals surface area contributed by atoms with Gasteiger partial charge in [0, 0.05) is 11.4 Å². The third-order valence-corrected chi connectivity index (χ3v) is 6.65. The Labute approximate surface area is 172 Å². The summed E-state index contributed by atoms with van der Waals surface area (Å²) in [5.74, 6) is 0.676. The van der Waals surface area contributed by atoms with E-state index in [-0.39, 0.29) is 6.04 Å². The van der Waals surface area contributed by atoms with Crippen molar-refractivity contribution >= 4 is 26.9 Å². The lowest BCUT2D eigenvalue weighted by Crippen LogP contribution is -2.42. The summed E-state index contributed by atoms with van der Waals surface area (Å²) < 4.78 is 38.8. The summed E-state index contributed by atoms with van der Waals surface area (Å²) in [4.78, 5) is 12.3. The molecule has 160 valence electrons. The number of benzene rings is 1. The van der Waals surface area contributed by atoms with Gasteiger partial charge in [-0.3, -0.25) is 4.79 Å². The smallest absolute Gasteiger partial charge is 0.237 e. The summed E-state index contributed by atoms with van der Waals surface area (Å²) in [5.41, 5.74) is 0.617. The first-order valence-electron chi connectivity index (χ1n) is 10.2. The maximum atomic E-state index is 12.4. The third kappa shape index (κ3) is 5.73. The van der Waals surface area contributed by atoms with Crippen molar-refractivity contribution in [3.8, 4) is 5.75 Å². The molecule has 1 saturated carbocycles. The monoisotopic (exact) mass is 422 g/mol. The first-order valence-corrected chi connectivity index (χ1v) is 11.9. The molecule has 2 N–H and O–H groups in total. The van der Waals surface area contributed by atoms with Crippen molar-refractivity contribution in [2.75, 3.05) is 12.4 Å². The van der Waals surface area contributed by atoms with Gasteiger partial charge in [-0.05, 0) is 57.6 Å². The third-order valence-electron chi connectivity index (χ3n) is 5.31. The number of nitrogens with one attached hydrogen (secondary N) is 2. The molecule has 1 aliphatic rings. The van der Waals surface area contributed by atoms with Crippen molar-refractivity contribution in [1.29, 1.82) is 0 Å². The van der Waals surface area contributed by atoms with Gasteiger partial charge in [-0.1, -0.05) is 19.1 Å². The number of rotatable bonds is 8. The van der Waals surface area contributed by atoms with Gasteiger partial charge < -0.3 is 14.5 Å². The molecule has 1 aliphatic carbocycles. The van der Waals surface area contributed by atoms with E-state index in [1.54, 1.807) is 6.92 Å². The minimum absolute atomic E-state index is 0.0752. The molecule has 29 heavy (non-hydrogen) atoms. The van der Waals surface area contributed by atoms with Crippen LogP contribution in [0, 0.1) is 5.92 Å². The molecule has 0 spiro atoms. The lowest BCUT2D eigenvalue weighted by molar-refractivity contribution is -0.119. The van der Waals surface area contributed by atoms with Crippen LogP contribution in [0.5, 0.6) is 5.75 Å². The molecule has 1 aromatic heterocycles. The molecule has 8 heteroatoms. The molecule has 1 unspecified atom stereocenters. The highest BCUT2D eigenvalue weighted by Crippen LogP contribution is 2.31. The van der Waals surface area contributed by atoms with Crippen molar-refractivity contribution in [3.63, 3.8) is 0 Å². The highest BCUT2D eigenvalue weighted by molar-refractivity contribution is 7.90. The Bertz CT molecular complexity index is 945. The fourth-order valence-electron chi connectivity index (χ4n) is 3.74. The summed E-state index contributed by atoms with van der Waals surface area (Å²) in [6.45, 7) is 6.35. The Morgan fingerprint density at radius 1 is 1.28 bits per heavy atom. The zero-order valence-corrected chi connectivity index (χ0v) is 18.1. The molecular formula is C21H30N2O5S.